The Hall–Kier alpha value is -3.10. The molecule has 1 fully saturated rings. The second-order valence-corrected chi connectivity index (χ2v) is 12.1. The topological polar surface area (TPSA) is 84.5 Å². The van der Waals surface area contributed by atoms with Crippen LogP contribution < -0.4 is 10.6 Å². The maximum absolute atomic E-state index is 13.8. The minimum atomic E-state index is -0.555. The molecule has 0 aliphatic heterocycles. The summed E-state index contributed by atoms with van der Waals surface area (Å²) in [6, 6.07) is 17.2. The molecular weight excluding hydrogens is 516 g/mol. The zero-order valence-electron chi connectivity index (χ0n) is 21.5. The highest BCUT2D eigenvalue weighted by Crippen LogP contribution is 2.41. The second kappa shape index (κ2) is 12.2. The van der Waals surface area contributed by atoms with Gasteiger partial charge in [0, 0.05) is 21.4 Å². The highest BCUT2D eigenvalue weighted by molar-refractivity contribution is 8.00. The van der Waals surface area contributed by atoms with Gasteiger partial charge >= 0.3 is 5.97 Å². The third-order valence-electron chi connectivity index (χ3n) is 6.94. The Morgan fingerprint density at radius 2 is 1.71 bits per heavy atom. The number of thiophene rings is 1. The van der Waals surface area contributed by atoms with Crippen LogP contribution >= 0.6 is 23.1 Å². The van der Waals surface area contributed by atoms with Crippen molar-refractivity contribution < 1.29 is 19.1 Å². The van der Waals surface area contributed by atoms with Gasteiger partial charge in [0.05, 0.1) is 12.7 Å². The molecule has 0 saturated heterocycles. The number of esters is 1. The molecule has 1 heterocycles. The first kappa shape index (κ1) is 26.5. The normalized spacial score (nSPS) is 15.9. The van der Waals surface area contributed by atoms with E-state index in [0.717, 1.165) is 66.7 Å². The van der Waals surface area contributed by atoms with Gasteiger partial charge in [0.15, 0.2) is 0 Å². The Bertz CT molecular complexity index is 1320. The van der Waals surface area contributed by atoms with Gasteiger partial charge in [0.2, 0.25) is 11.8 Å². The number of hydrogen-bond donors (Lipinski definition) is 2. The summed E-state index contributed by atoms with van der Waals surface area (Å²) in [5.74, 6) is -0.439. The molecule has 0 spiro atoms. The van der Waals surface area contributed by atoms with Crippen LogP contribution in [0.2, 0.25) is 0 Å². The molecule has 198 valence electrons. The molecule has 1 saturated carbocycles. The molecule has 0 radical (unpaired) electrons. The Morgan fingerprint density at radius 3 is 2.45 bits per heavy atom. The summed E-state index contributed by atoms with van der Waals surface area (Å²) in [5.41, 5.74) is 3.12. The number of amides is 2. The highest BCUT2D eigenvalue weighted by Gasteiger charge is 2.31. The molecule has 1 unspecified atom stereocenters. The van der Waals surface area contributed by atoms with Crippen LogP contribution in [0.15, 0.2) is 59.5 Å². The number of hydrogen-bond acceptors (Lipinski definition) is 6. The number of methoxy groups -OCH3 is 1. The Labute approximate surface area is 231 Å². The van der Waals surface area contributed by atoms with E-state index in [1.54, 1.807) is 0 Å². The number of benzene rings is 2. The van der Waals surface area contributed by atoms with Crippen LogP contribution in [0.3, 0.4) is 0 Å². The summed E-state index contributed by atoms with van der Waals surface area (Å²) in [5, 5.41) is 6.10. The number of rotatable bonds is 8. The third-order valence-corrected chi connectivity index (χ3v) is 9.40. The summed E-state index contributed by atoms with van der Waals surface area (Å²) in [4.78, 5) is 41.0. The number of aryl methyl sites for hydroxylation is 1. The average Bonchev–Trinajstić information content (AvgIpc) is 3.72. The van der Waals surface area contributed by atoms with Crippen LogP contribution in [0.1, 0.15) is 70.1 Å². The van der Waals surface area contributed by atoms with Crippen molar-refractivity contribution in [3.8, 4) is 0 Å². The average molecular weight is 549 g/mol. The van der Waals surface area contributed by atoms with Crippen LogP contribution in [0, 0.1) is 5.92 Å². The van der Waals surface area contributed by atoms with E-state index in [9.17, 15) is 14.4 Å². The first-order valence-corrected chi connectivity index (χ1v) is 14.9. The van der Waals surface area contributed by atoms with Crippen molar-refractivity contribution in [2.45, 2.75) is 61.5 Å². The Balaban J connectivity index is 1.42. The SMILES string of the molecule is COC(=O)c1c(NC(=O)C(Sc2cccc(NC(=O)C3CC3)c2)c2ccccc2)sc2c1CCCCCC2. The molecule has 2 N–H and O–H groups in total. The van der Waals surface area contributed by atoms with Gasteiger partial charge in [-0.15, -0.1) is 23.1 Å². The van der Waals surface area contributed by atoms with E-state index in [1.807, 2.05) is 54.6 Å². The molecule has 38 heavy (non-hydrogen) atoms. The molecule has 1 atom stereocenters. The van der Waals surface area contributed by atoms with Crippen molar-refractivity contribution in [2.75, 3.05) is 17.7 Å². The van der Waals surface area contributed by atoms with Crippen molar-refractivity contribution in [3.63, 3.8) is 0 Å². The number of carbonyl (C=O) groups is 3. The fourth-order valence-electron chi connectivity index (χ4n) is 4.78. The second-order valence-electron chi connectivity index (χ2n) is 9.80. The molecule has 8 heteroatoms. The smallest absolute Gasteiger partial charge is 0.341 e. The summed E-state index contributed by atoms with van der Waals surface area (Å²) in [7, 11) is 1.39. The number of carbonyl (C=O) groups excluding carboxylic acids is 3. The molecule has 0 bridgehead atoms. The molecule has 3 aromatic rings. The number of thioether (sulfide) groups is 1. The fraction of sp³-hybridized carbons (Fsp3) is 0.367. The molecule has 2 aliphatic carbocycles. The largest absolute Gasteiger partial charge is 0.465 e. The van der Waals surface area contributed by atoms with Crippen molar-refractivity contribution >= 4 is 51.6 Å². The first-order valence-electron chi connectivity index (χ1n) is 13.2. The van der Waals surface area contributed by atoms with Gasteiger partial charge in [-0.25, -0.2) is 4.79 Å². The molecule has 2 aromatic carbocycles. The van der Waals surface area contributed by atoms with Crippen molar-refractivity contribution in [3.05, 3.63) is 76.2 Å². The summed E-state index contributed by atoms with van der Waals surface area (Å²) >= 11 is 2.92. The highest BCUT2D eigenvalue weighted by atomic mass is 32.2. The van der Waals surface area contributed by atoms with Crippen molar-refractivity contribution in [1.29, 1.82) is 0 Å². The summed E-state index contributed by atoms with van der Waals surface area (Å²) < 4.78 is 5.14. The third kappa shape index (κ3) is 6.30. The summed E-state index contributed by atoms with van der Waals surface area (Å²) in [6.07, 6.45) is 8.05. The lowest BCUT2D eigenvalue weighted by Crippen LogP contribution is -2.20. The molecule has 5 rings (SSSR count). The van der Waals surface area contributed by atoms with Gasteiger partial charge in [-0.3, -0.25) is 9.59 Å². The van der Waals surface area contributed by atoms with E-state index in [4.69, 9.17) is 4.74 Å². The van der Waals surface area contributed by atoms with Crippen molar-refractivity contribution in [2.24, 2.45) is 5.92 Å². The van der Waals surface area contributed by atoms with E-state index < -0.39 is 11.2 Å². The number of nitrogens with one attached hydrogen (secondary N) is 2. The van der Waals surface area contributed by atoms with Crippen LogP contribution in [-0.4, -0.2) is 24.9 Å². The Kier molecular flexibility index (Phi) is 8.49. The van der Waals surface area contributed by atoms with Crippen LogP contribution in [0.5, 0.6) is 0 Å². The predicted octanol–water partition coefficient (Wildman–Crippen LogP) is 7.01. The first-order chi connectivity index (χ1) is 18.5. The molecular formula is C30H32N2O4S2. The standard InChI is InChI=1S/C30H32N2O4S2/c1-36-30(35)25-23-14-7-2-3-8-15-24(23)38-29(25)32-28(34)26(19-10-5-4-6-11-19)37-22-13-9-12-21(18-22)31-27(33)20-16-17-20/h4-6,9-13,18,20,26H,2-3,7-8,14-17H2,1H3,(H,31,33)(H,32,34). The van der Waals surface area contributed by atoms with Gasteiger partial charge in [0.1, 0.15) is 10.3 Å². The lowest BCUT2D eigenvalue weighted by Gasteiger charge is -2.18. The minimum Gasteiger partial charge on any atom is -0.465 e. The molecule has 2 aliphatic rings. The van der Waals surface area contributed by atoms with E-state index in [2.05, 4.69) is 10.6 Å². The predicted molar refractivity (Wildman–Crippen MR) is 153 cm³/mol. The zero-order chi connectivity index (χ0) is 26.5. The van der Waals surface area contributed by atoms with Gasteiger partial charge in [-0.2, -0.15) is 0 Å². The molecule has 1 aromatic heterocycles. The summed E-state index contributed by atoms with van der Waals surface area (Å²) in [6.45, 7) is 0. The van der Waals surface area contributed by atoms with Crippen LogP contribution in [-0.2, 0) is 27.2 Å². The van der Waals surface area contributed by atoms with Gasteiger partial charge < -0.3 is 15.4 Å². The Morgan fingerprint density at radius 1 is 0.947 bits per heavy atom. The minimum absolute atomic E-state index is 0.0492. The van der Waals surface area contributed by atoms with Gasteiger partial charge in [-0.05, 0) is 67.9 Å². The number of fused-ring (bicyclic) bond motifs is 1. The maximum Gasteiger partial charge on any atom is 0.341 e. The lowest BCUT2D eigenvalue weighted by atomic mass is 9.96. The quantitative estimate of drug-likeness (QED) is 0.234. The lowest BCUT2D eigenvalue weighted by molar-refractivity contribution is -0.117. The van der Waals surface area contributed by atoms with E-state index in [-0.39, 0.29) is 17.7 Å². The fourth-order valence-corrected chi connectivity index (χ4v) is 7.14. The van der Waals surface area contributed by atoms with E-state index in [0.29, 0.717) is 10.6 Å². The molecule has 2 amide bonds. The van der Waals surface area contributed by atoms with E-state index >= 15 is 0 Å². The van der Waals surface area contributed by atoms with Crippen molar-refractivity contribution in [1.82, 2.24) is 0 Å². The number of anilines is 2. The van der Waals surface area contributed by atoms with Crippen LogP contribution in [0.25, 0.3) is 0 Å². The van der Waals surface area contributed by atoms with Gasteiger partial charge in [-0.1, -0.05) is 49.2 Å². The zero-order valence-corrected chi connectivity index (χ0v) is 23.1. The van der Waals surface area contributed by atoms with Crippen LogP contribution in [0.4, 0.5) is 10.7 Å². The molecule has 6 nitrogen and oxygen atoms in total. The van der Waals surface area contributed by atoms with E-state index in [1.165, 1.54) is 41.5 Å². The number of ether oxygens (including phenoxy) is 1. The van der Waals surface area contributed by atoms with Gasteiger partial charge in [0.25, 0.3) is 0 Å². The maximum atomic E-state index is 13.8. The monoisotopic (exact) mass is 548 g/mol.